The van der Waals surface area contributed by atoms with Gasteiger partial charge in [-0.2, -0.15) is 0 Å². The highest BCUT2D eigenvalue weighted by molar-refractivity contribution is 6.01. The van der Waals surface area contributed by atoms with Crippen molar-refractivity contribution in [3.8, 4) is 0 Å². The van der Waals surface area contributed by atoms with Gasteiger partial charge in [0.05, 0.1) is 7.11 Å². The van der Waals surface area contributed by atoms with Gasteiger partial charge in [-0.3, -0.25) is 4.79 Å². The van der Waals surface area contributed by atoms with E-state index >= 15 is 0 Å². The zero-order valence-corrected chi connectivity index (χ0v) is 9.14. The van der Waals surface area contributed by atoms with E-state index in [1.54, 1.807) is 7.05 Å². The molecule has 1 N–H and O–H groups in total. The third-order valence-electron chi connectivity index (χ3n) is 2.23. The number of fused-ring (bicyclic) bond motifs is 1. The number of nitrogens with zero attached hydrogens (tertiary/aromatic N) is 3. The lowest BCUT2D eigenvalue weighted by atomic mass is 10.2. The molecule has 0 aliphatic carbocycles. The van der Waals surface area contributed by atoms with Crippen molar-refractivity contribution in [1.82, 2.24) is 14.8 Å². The van der Waals surface area contributed by atoms with Crippen molar-refractivity contribution in [3.05, 3.63) is 17.3 Å². The van der Waals surface area contributed by atoms with E-state index in [9.17, 15) is 9.59 Å². The van der Waals surface area contributed by atoms with E-state index in [2.05, 4.69) is 15.0 Å². The molecule has 0 atom stereocenters. The van der Waals surface area contributed by atoms with Crippen LogP contribution in [0.4, 0.5) is 0 Å². The fourth-order valence-electron chi connectivity index (χ4n) is 1.53. The van der Waals surface area contributed by atoms with Gasteiger partial charge in [0.2, 0.25) is 5.78 Å². The Kier molecular flexibility index (Phi) is 2.22. The maximum Gasteiger partial charge on any atom is 0.344 e. The highest BCUT2D eigenvalue weighted by Gasteiger charge is 2.26. The molecule has 0 unspecified atom stereocenters. The normalized spacial score (nSPS) is 10.7. The number of methoxy groups -OCH3 is 1. The molecule has 0 bridgehead atoms. The summed E-state index contributed by atoms with van der Waals surface area (Å²) in [5.74, 6) is -0.675. The molecular weight excluding hydrogens is 212 g/mol. The summed E-state index contributed by atoms with van der Waals surface area (Å²) in [6, 6.07) is 1.47. The van der Waals surface area contributed by atoms with E-state index in [-0.39, 0.29) is 11.3 Å². The van der Waals surface area contributed by atoms with Crippen molar-refractivity contribution in [2.24, 2.45) is 7.05 Å². The standard InChI is InChI=1S/C9H10N4O3/c1-5(14)7-4-6(9(15)16-3)8-10-12(2)11-13(7)8/h4H,1-3H3/p+1. The molecule has 7 heteroatoms. The first-order chi connectivity index (χ1) is 7.54. The van der Waals surface area contributed by atoms with Crippen molar-refractivity contribution in [2.45, 2.75) is 6.92 Å². The van der Waals surface area contributed by atoms with E-state index < -0.39 is 5.97 Å². The molecule has 84 valence electrons. The number of aromatic nitrogens is 4. The molecule has 2 aromatic heterocycles. The third-order valence-corrected chi connectivity index (χ3v) is 2.23. The zero-order chi connectivity index (χ0) is 11.9. The van der Waals surface area contributed by atoms with Crippen LogP contribution in [-0.4, -0.2) is 33.7 Å². The van der Waals surface area contributed by atoms with Gasteiger partial charge in [-0.05, 0) is 5.10 Å². The van der Waals surface area contributed by atoms with Gasteiger partial charge in [-0.25, -0.2) is 4.79 Å². The molecule has 0 amide bonds. The number of aromatic amines is 1. The van der Waals surface area contributed by atoms with Gasteiger partial charge in [0.1, 0.15) is 12.6 Å². The summed E-state index contributed by atoms with van der Waals surface area (Å²) in [4.78, 5) is 24.2. The van der Waals surface area contributed by atoms with Crippen LogP contribution in [0.25, 0.3) is 5.65 Å². The summed E-state index contributed by atoms with van der Waals surface area (Å²) in [6.07, 6.45) is 0. The SMILES string of the molecule is COC(=O)c1cc(C(C)=O)n2[nH][n+](C)nc12. The Morgan fingerprint density at radius 1 is 1.56 bits per heavy atom. The molecule has 0 radical (unpaired) electrons. The van der Waals surface area contributed by atoms with Gasteiger partial charge in [-0.15, -0.1) is 0 Å². The van der Waals surface area contributed by atoms with E-state index in [1.165, 1.54) is 29.4 Å². The van der Waals surface area contributed by atoms with Gasteiger partial charge < -0.3 is 4.74 Å². The van der Waals surface area contributed by atoms with E-state index in [1.807, 2.05) is 0 Å². The molecule has 0 aliphatic rings. The highest BCUT2D eigenvalue weighted by Crippen LogP contribution is 2.14. The summed E-state index contributed by atoms with van der Waals surface area (Å²) in [7, 11) is 2.95. The summed E-state index contributed by atoms with van der Waals surface area (Å²) >= 11 is 0. The summed E-state index contributed by atoms with van der Waals surface area (Å²) in [6.45, 7) is 1.42. The second kappa shape index (κ2) is 3.44. The number of aryl methyl sites for hydroxylation is 1. The lowest BCUT2D eigenvalue weighted by Gasteiger charge is -1.90. The molecule has 0 fully saturated rings. The zero-order valence-electron chi connectivity index (χ0n) is 9.14. The fourth-order valence-corrected chi connectivity index (χ4v) is 1.53. The average Bonchev–Trinajstić information content (AvgIpc) is 2.73. The maximum atomic E-state index is 11.5. The first-order valence-electron chi connectivity index (χ1n) is 4.61. The predicted octanol–water partition coefficient (Wildman–Crippen LogP) is -0.524. The number of carbonyl (C=O) groups is 2. The number of carbonyl (C=O) groups excluding carboxylic acids is 2. The second-order valence-corrected chi connectivity index (χ2v) is 3.37. The minimum atomic E-state index is -0.517. The molecule has 0 saturated carbocycles. The second-order valence-electron chi connectivity index (χ2n) is 3.37. The van der Waals surface area contributed by atoms with Crippen LogP contribution in [0.15, 0.2) is 6.07 Å². The minimum Gasteiger partial charge on any atom is -0.465 e. The molecule has 0 aliphatic heterocycles. The number of H-pyrrole nitrogens is 1. The molecule has 0 saturated heterocycles. The fraction of sp³-hybridized carbons (Fsp3) is 0.333. The number of ketones is 1. The van der Waals surface area contributed by atoms with Crippen molar-refractivity contribution in [1.29, 1.82) is 0 Å². The maximum absolute atomic E-state index is 11.5. The third kappa shape index (κ3) is 1.37. The van der Waals surface area contributed by atoms with Crippen molar-refractivity contribution in [2.75, 3.05) is 7.11 Å². The van der Waals surface area contributed by atoms with Gasteiger partial charge in [-0.1, -0.05) is 14.5 Å². The molecular formula is C9H11N4O3+. The average molecular weight is 223 g/mol. The topological polar surface area (TPSA) is 80.3 Å². The Labute approximate surface area is 90.6 Å². The largest absolute Gasteiger partial charge is 0.465 e. The Morgan fingerprint density at radius 3 is 2.81 bits per heavy atom. The summed E-state index contributed by atoms with van der Waals surface area (Å²) in [5.41, 5.74) is 1.01. The van der Waals surface area contributed by atoms with E-state index in [0.29, 0.717) is 11.3 Å². The molecule has 16 heavy (non-hydrogen) atoms. The van der Waals surface area contributed by atoms with Gasteiger partial charge in [0.25, 0.3) is 0 Å². The molecule has 2 heterocycles. The minimum absolute atomic E-state index is 0.158. The van der Waals surface area contributed by atoms with Crippen LogP contribution >= 0.6 is 0 Å². The van der Waals surface area contributed by atoms with Crippen LogP contribution in [0, 0.1) is 0 Å². The van der Waals surface area contributed by atoms with Crippen LogP contribution in [0.5, 0.6) is 0 Å². The Hall–Kier alpha value is -2.18. The lowest BCUT2D eigenvalue weighted by Crippen LogP contribution is -2.34. The monoisotopic (exact) mass is 223 g/mol. The van der Waals surface area contributed by atoms with E-state index in [0.717, 1.165) is 0 Å². The smallest absolute Gasteiger partial charge is 0.344 e. The van der Waals surface area contributed by atoms with Gasteiger partial charge in [0.15, 0.2) is 5.69 Å². The molecule has 0 aromatic carbocycles. The van der Waals surface area contributed by atoms with Crippen molar-refractivity contribution in [3.63, 3.8) is 0 Å². The number of hydrogen-bond acceptors (Lipinski definition) is 4. The Morgan fingerprint density at radius 2 is 2.25 bits per heavy atom. The first kappa shape index (κ1) is 10.3. The number of hydrogen-bond donors (Lipinski definition) is 1. The Balaban J connectivity index is 2.75. The van der Waals surface area contributed by atoms with Crippen LogP contribution in [0.2, 0.25) is 0 Å². The molecule has 2 aromatic rings. The Bertz CT molecular complexity index is 581. The van der Waals surface area contributed by atoms with Crippen molar-refractivity contribution < 1.29 is 19.1 Å². The first-order valence-corrected chi connectivity index (χ1v) is 4.61. The van der Waals surface area contributed by atoms with Gasteiger partial charge >= 0.3 is 11.6 Å². The quantitative estimate of drug-likeness (QED) is 0.422. The summed E-state index contributed by atoms with van der Waals surface area (Å²) < 4.78 is 6.07. The van der Waals surface area contributed by atoms with Crippen LogP contribution < -0.4 is 4.80 Å². The van der Waals surface area contributed by atoms with E-state index in [4.69, 9.17) is 0 Å². The lowest BCUT2D eigenvalue weighted by molar-refractivity contribution is -0.783. The molecule has 2 rings (SSSR count). The number of esters is 1. The van der Waals surface area contributed by atoms with Crippen LogP contribution in [0.1, 0.15) is 27.8 Å². The number of tetrazole rings is 1. The van der Waals surface area contributed by atoms with Crippen molar-refractivity contribution >= 4 is 17.4 Å². The number of rotatable bonds is 2. The van der Waals surface area contributed by atoms with Crippen LogP contribution in [-0.2, 0) is 11.8 Å². The molecule has 7 nitrogen and oxygen atoms in total. The summed E-state index contributed by atoms with van der Waals surface area (Å²) in [5, 5.41) is 6.86. The predicted molar refractivity (Wildman–Crippen MR) is 52.1 cm³/mol. The highest BCUT2D eigenvalue weighted by atomic mass is 16.5. The van der Waals surface area contributed by atoms with Crippen LogP contribution in [0.3, 0.4) is 0 Å². The number of Topliss-reactive ketones (excluding diaryl/α,β-unsaturated/α-hetero) is 1. The number of ether oxygens (including phenoxy) is 1. The molecule has 0 spiro atoms. The van der Waals surface area contributed by atoms with Gasteiger partial charge in [0, 0.05) is 13.0 Å². The number of nitrogens with one attached hydrogen (secondary N) is 1.